The lowest BCUT2D eigenvalue weighted by Crippen LogP contribution is -2.26. The molecule has 4 aromatic carbocycles. The predicted octanol–water partition coefficient (Wildman–Crippen LogP) is 5.45. The second-order valence-corrected chi connectivity index (χ2v) is 11.1. The van der Waals surface area contributed by atoms with Gasteiger partial charge in [-0.25, -0.2) is 88.1 Å². The van der Waals surface area contributed by atoms with Crippen molar-refractivity contribution in [2.45, 2.75) is 0 Å². The molecule has 1 aromatic heterocycles. The largest absolute Gasteiger partial charge is 0.262 e. The molecule has 2 aliphatic heterocycles. The molecular weight excluding hydrogens is 783 g/mol. The first kappa shape index (κ1) is 37.1. The van der Waals surface area contributed by atoms with Crippen molar-refractivity contribution in [3.63, 3.8) is 0 Å². The van der Waals surface area contributed by atoms with Crippen molar-refractivity contribution in [3.8, 4) is 41.0 Å². The molecule has 0 bridgehead atoms. The molecule has 0 N–H and O–H groups in total. The van der Waals surface area contributed by atoms with Crippen LogP contribution in [0.3, 0.4) is 0 Å². The molecule has 11 nitrogen and oxygen atoms in total. The first-order valence-electron chi connectivity index (χ1n) is 14.9. The lowest BCUT2D eigenvalue weighted by molar-refractivity contribution is 0.380. The first-order valence-corrected chi connectivity index (χ1v) is 14.9. The van der Waals surface area contributed by atoms with Gasteiger partial charge in [0, 0.05) is 17.7 Å². The highest BCUT2D eigenvalue weighted by Gasteiger charge is 2.32. The van der Waals surface area contributed by atoms with Gasteiger partial charge in [0.1, 0.15) is 45.9 Å². The highest BCUT2D eigenvalue weighted by atomic mass is 19.2. The van der Waals surface area contributed by atoms with Gasteiger partial charge in [0.05, 0.1) is 34.0 Å². The van der Waals surface area contributed by atoms with Crippen LogP contribution in [0.15, 0.2) is 55.9 Å². The van der Waals surface area contributed by atoms with Crippen molar-refractivity contribution < 1.29 is 48.3 Å². The Balaban J connectivity index is 1.52. The van der Waals surface area contributed by atoms with Crippen LogP contribution in [0.2, 0.25) is 0 Å². The standard InChI is InChI=1S/C35H4F11N11/c1-50-30-26(45)19(38)17(20(39)27(30)46)12(7-48)32-51-15-3-2-10(11(6-47)28(15)53-32)31-55-34(13(8-49)33-52-16-5-9(36)4-14(37)29(16)54-33)57-35(56-31)18-21(40)23(42)25(44)24(43)22(18)41/h2-5H/b32-12+,33-13-. The fraction of sp³-hybridized carbons (Fsp3) is 0. The summed E-state index contributed by atoms with van der Waals surface area (Å²) in [6.07, 6.45) is 0. The maximum atomic E-state index is 15.1. The summed E-state index contributed by atoms with van der Waals surface area (Å²) in [6, 6.07) is 7.59. The zero-order valence-corrected chi connectivity index (χ0v) is 26.9. The van der Waals surface area contributed by atoms with E-state index in [-0.39, 0.29) is 5.36 Å². The van der Waals surface area contributed by atoms with Crippen LogP contribution in [0.25, 0.3) is 38.8 Å². The topological polar surface area (TPSA) is 164 Å². The number of halogens is 11. The van der Waals surface area contributed by atoms with Crippen LogP contribution in [0.1, 0.15) is 17.0 Å². The minimum absolute atomic E-state index is 0.345. The molecule has 22 heteroatoms. The normalized spacial score (nSPS) is 14.1. The molecular formula is C35H4F11N11. The molecule has 5 aromatic rings. The molecule has 7 rings (SSSR count). The van der Waals surface area contributed by atoms with Gasteiger partial charge in [0.2, 0.25) is 5.82 Å². The molecule has 57 heavy (non-hydrogen) atoms. The van der Waals surface area contributed by atoms with Gasteiger partial charge in [-0.15, -0.1) is 0 Å². The Kier molecular flexibility index (Phi) is 8.82. The Hall–Kier alpha value is -8.24. The smallest absolute Gasteiger partial charge is 0.232 e. The third-order valence-electron chi connectivity index (χ3n) is 7.97. The summed E-state index contributed by atoms with van der Waals surface area (Å²) in [5.41, 5.74) is -8.32. The zero-order chi connectivity index (χ0) is 41.2. The van der Waals surface area contributed by atoms with Crippen LogP contribution in [0.5, 0.6) is 0 Å². The number of hydrogen-bond acceptors (Lipinski definition) is 10. The second-order valence-electron chi connectivity index (χ2n) is 11.1. The second kappa shape index (κ2) is 13.6. The minimum atomic E-state index is -2.57. The van der Waals surface area contributed by atoms with E-state index >= 15 is 8.78 Å². The van der Waals surface area contributed by atoms with Crippen LogP contribution in [-0.2, 0) is 0 Å². The molecule has 0 saturated carbocycles. The molecule has 0 amide bonds. The third kappa shape index (κ3) is 5.67. The first-order chi connectivity index (χ1) is 27.1. The number of rotatable bonds is 4. The zero-order valence-electron chi connectivity index (χ0n) is 26.9. The van der Waals surface area contributed by atoms with E-state index in [2.05, 4.69) is 39.8 Å². The number of fused-ring (bicyclic) bond motifs is 2. The molecule has 2 aliphatic rings. The van der Waals surface area contributed by atoms with Gasteiger partial charge < -0.3 is 0 Å². The number of nitriles is 3. The van der Waals surface area contributed by atoms with Crippen LogP contribution in [-0.4, -0.2) is 15.0 Å². The average Bonchev–Trinajstić information content (AvgIpc) is 3.82. The molecule has 0 radical (unpaired) electrons. The summed E-state index contributed by atoms with van der Waals surface area (Å²) in [5, 5.41) is 28.2. The summed E-state index contributed by atoms with van der Waals surface area (Å²) in [7, 11) is 0. The Bertz CT molecular complexity index is 3200. The maximum absolute atomic E-state index is 15.1. The fourth-order valence-corrected chi connectivity index (χ4v) is 5.42. The van der Waals surface area contributed by atoms with Gasteiger partial charge in [0.15, 0.2) is 81.5 Å². The third-order valence-corrected chi connectivity index (χ3v) is 7.97. The number of hydrogen-bond donors (Lipinski definition) is 0. The minimum Gasteiger partial charge on any atom is -0.232 e. The lowest BCUT2D eigenvalue weighted by Gasteiger charge is -2.11. The molecule has 0 spiro atoms. The van der Waals surface area contributed by atoms with Gasteiger partial charge in [-0.1, -0.05) is 0 Å². The van der Waals surface area contributed by atoms with Crippen molar-refractivity contribution in [2.75, 3.05) is 0 Å². The fourth-order valence-electron chi connectivity index (χ4n) is 5.42. The summed E-state index contributed by atoms with van der Waals surface area (Å²) >= 11 is 0. The van der Waals surface area contributed by atoms with E-state index in [1.165, 1.54) is 6.07 Å². The van der Waals surface area contributed by atoms with E-state index in [0.717, 1.165) is 18.2 Å². The summed E-state index contributed by atoms with van der Waals surface area (Å²) in [4.78, 5) is 29.2. The van der Waals surface area contributed by atoms with E-state index < -0.39 is 148 Å². The number of aromatic nitrogens is 3. The monoisotopic (exact) mass is 787 g/mol. The summed E-state index contributed by atoms with van der Waals surface area (Å²) < 4.78 is 160. The van der Waals surface area contributed by atoms with Gasteiger partial charge >= 0.3 is 0 Å². The summed E-state index contributed by atoms with van der Waals surface area (Å²) in [6.45, 7) is 6.79. The van der Waals surface area contributed by atoms with E-state index in [9.17, 15) is 55.3 Å². The highest BCUT2D eigenvalue weighted by Crippen LogP contribution is 2.36. The molecule has 0 saturated heterocycles. The van der Waals surface area contributed by atoms with Crippen molar-refractivity contribution in [1.29, 1.82) is 15.8 Å². The van der Waals surface area contributed by atoms with Gasteiger partial charge in [-0.05, 0) is 12.1 Å². The van der Waals surface area contributed by atoms with Crippen LogP contribution in [0.4, 0.5) is 54.0 Å². The average molecular weight is 787 g/mol. The molecule has 0 fully saturated rings. The Morgan fingerprint density at radius 3 is 1.74 bits per heavy atom. The van der Waals surface area contributed by atoms with Crippen LogP contribution >= 0.6 is 0 Å². The van der Waals surface area contributed by atoms with Crippen molar-refractivity contribution in [2.24, 2.45) is 20.0 Å². The van der Waals surface area contributed by atoms with Crippen molar-refractivity contribution in [3.05, 3.63) is 150 Å². The molecule has 0 atom stereocenters. The van der Waals surface area contributed by atoms with E-state index in [4.69, 9.17) is 6.57 Å². The van der Waals surface area contributed by atoms with Gasteiger partial charge in [-0.2, -0.15) is 15.8 Å². The van der Waals surface area contributed by atoms with Crippen molar-refractivity contribution >= 4 is 16.8 Å². The number of nitrogens with zero attached hydrogens (tertiary/aromatic N) is 11. The number of allylic oxidation sites excluding steroid dienone is 2. The van der Waals surface area contributed by atoms with Gasteiger partial charge in [0.25, 0.3) is 5.69 Å². The Morgan fingerprint density at radius 1 is 0.579 bits per heavy atom. The molecule has 0 unspecified atom stereocenters. The Morgan fingerprint density at radius 2 is 1.14 bits per heavy atom. The van der Waals surface area contributed by atoms with E-state index in [0.29, 0.717) is 6.07 Å². The van der Waals surface area contributed by atoms with E-state index in [1.54, 1.807) is 12.1 Å². The van der Waals surface area contributed by atoms with Gasteiger partial charge in [-0.3, -0.25) is 0 Å². The SMILES string of the molecule is [C-]#[N+]c1c(F)c(F)c(/C(C#N)=C2\N=c3ccc(-c4nc(/C(C#N)=C5/N=c6cc(F)cc(F)c6=N5)nc(-c5c(F)c(F)c(F)c(F)c5F)n4)c(C#N)c3=N2)c(F)c1F. The van der Waals surface area contributed by atoms with Crippen LogP contribution < -0.4 is 21.4 Å². The molecule has 0 aliphatic carbocycles. The predicted molar refractivity (Wildman–Crippen MR) is 164 cm³/mol. The van der Waals surface area contributed by atoms with Crippen molar-refractivity contribution in [1.82, 2.24) is 15.0 Å². The van der Waals surface area contributed by atoms with Crippen LogP contribution in [0, 0.1) is 105 Å². The lowest BCUT2D eigenvalue weighted by atomic mass is 10.0. The Labute approximate surface area is 306 Å². The summed E-state index contributed by atoms with van der Waals surface area (Å²) in [5.74, 6) is -28.2. The quantitative estimate of drug-likeness (QED) is 0.0774. The van der Waals surface area contributed by atoms with E-state index in [1.807, 2.05) is 0 Å². The molecule has 276 valence electrons. The number of benzene rings is 4. The molecule has 3 heterocycles. The maximum Gasteiger partial charge on any atom is 0.262 e. The highest BCUT2D eigenvalue weighted by molar-refractivity contribution is 5.82.